The van der Waals surface area contributed by atoms with E-state index in [1.165, 1.54) is 12.1 Å². The van der Waals surface area contributed by atoms with Crippen LogP contribution < -0.4 is 0 Å². The molecule has 0 saturated heterocycles. The van der Waals surface area contributed by atoms with E-state index in [2.05, 4.69) is 0 Å². The molecule has 0 bridgehead atoms. The smallest absolute Gasteiger partial charge is 0.203 e. The van der Waals surface area contributed by atoms with Gasteiger partial charge >= 0.3 is 0 Å². The predicted octanol–water partition coefficient (Wildman–Crippen LogP) is 2.78. The average Bonchev–Trinajstić information content (AvgIpc) is 2.02. The molecule has 0 aromatic heterocycles. The molecule has 1 aromatic rings. The first-order chi connectivity index (χ1) is 6.43. The second kappa shape index (κ2) is 3.91. The van der Waals surface area contributed by atoms with Gasteiger partial charge in [0.05, 0.1) is 0 Å². The van der Waals surface area contributed by atoms with Crippen LogP contribution in [0.25, 0.3) is 0 Å². The lowest BCUT2D eigenvalue weighted by atomic mass is 9.86. The summed E-state index contributed by atoms with van der Waals surface area (Å²) in [5.41, 5.74) is 1.49. The fourth-order valence-corrected chi connectivity index (χ4v) is 1.27. The van der Waals surface area contributed by atoms with Crippen molar-refractivity contribution in [2.45, 2.75) is 32.6 Å². The van der Waals surface area contributed by atoms with Gasteiger partial charge < -0.3 is 0 Å². The van der Waals surface area contributed by atoms with Gasteiger partial charge in [0, 0.05) is 6.42 Å². The summed E-state index contributed by atoms with van der Waals surface area (Å²) < 4.78 is 13.2. The zero-order valence-electron chi connectivity index (χ0n) is 8.73. The quantitative estimate of drug-likeness (QED) is 0.705. The van der Waals surface area contributed by atoms with Crippen molar-refractivity contribution >= 4 is 6.29 Å². The maximum Gasteiger partial charge on any atom is 0.203 e. The van der Waals surface area contributed by atoms with Gasteiger partial charge in [-0.3, -0.25) is 4.79 Å². The third-order valence-electron chi connectivity index (χ3n) is 2.10. The Morgan fingerprint density at radius 2 is 1.93 bits per heavy atom. The topological polar surface area (TPSA) is 17.1 Å². The number of halogens is 1. The monoisotopic (exact) mass is 193 g/mol. The van der Waals surface area contributed by atoms with Crippen molar-refractivity contribution in [3.05, 3.63) is 35.1 Å². The predicted molar refractivity (Wildman–Crippen MR) is 54.5 cm³/mol. The molecule has 0 aliphatic carbocycles. The number of hydrogen-bond donors (Lipinski definition) is 0. The zero-order valence-corrected chi connectivity index (χ0v) is 8.73. The molecule has 0 unspecified atom stereocenters. The number of carbonyl (C=O) groups excluding carboxylic acids is 1. The first-order valence-electron chi connectivity index (χ1n) is 4.58. The van der Waals surface area contributed by atoms with E-state index in [9.17, 15) is 9.18 Å². The second-order valence-corrected chi connectivity index (χ2v) is 4.42. The maximum atomic E-state index is 13.2. The van der Waals surface area contributed by atoms with E-state index in [4.69, 9.17) is 0 Å². The molecule has 1 rings (SSSR count). The Balaban J connectivity index is 3.13. The van der Waals surface area contributed by atoms with E-state index >= 15 is 0 Å². The average molecular weight is 193 g/mol. The van der Waals surface area contributed by atoms with E-state index < -0.39 is 0 Å². The Kier molecular flexibility index (Phi) is 3.04. The van der Waals surface area contributed by atoms with Crippen LogP contribution in [-0.2, 0) is 16.6 Å². The lowest BCUT2D eigenvalue weighted by molar-refractivity contribution is 0.553. The van der Waals surface area contributed by atoms with Gasteiger partial charge in [0.1, 0.15) is 5.82 Å². The fourth-order valence-electron chi connectivity index (χ4n) is 1.27. The van der Waals surface area contributed by atoms with Crippen LogP contribution in [0.1, 0.15) is 31.9 Å². The van der Waals surface area contributed by atoms with Gasteiger partial charge in [-0.15, -0.1) is 0 Å². The number of rotatable bonds is 2. The van der Waals surface area contributed by atoms with Crippen LogP contribution in [0.15, 0.2) is 18.2 Å². The van der Waals surface area contributed by atoms with Gasteiger partial charge in [0.15, 0.2) is 0 Å². The molecule has 0 aliphatic heterocycles. The molecule has 0 aliphatic rings. The minimum absolute atomic E-state index is 0.0975. The van der Waals surface area contributed by atoms with E-state index in [1.807, 2.05) is 26.8 Å². The zero-order chi connectivity index (χ0) is 10.8. The highest BCUT2D eigenvalue weighted by atomic mass is 19.1. The largest absolute Gasteiger partial charge is 0.291 e. The Morgan fingerprint density at radius 1 is 1.29 bits per heavy atom. The Hall–Kier alpha value is -1.18. The Labute approximate surface area is 83.9 Å². The van der Waals surface area contributed by atoms with Crippen molar-refractivity contribution < 1.29 is 9.18 Å². The second-order valence-electron chi connectivity index (χ2n) is 4.42. The molecule has 1 radical (unpaired) electrons. The van der Waals surface area contributed by atoms with Gasteiger partial charge in [-0.1, -0.05) is 26.8 Å². The van der Waals surface area contributed by atoms with Crippen LogP contribution in [0, 0.1) is 5.82 Å². The van der Waals surface area contributed by atoms with Crippen LogP contribution in [0.3, 0.4) is 0 Å². The van der Waals surface area contributed by atoms with Crippen molar-refractivity contribution in [3.63, 3.8) is 0 Å². The Morgan fingerprint density at radius 3 is 2.43 bits per heavy atom. The SMILES string of the molecule is CC(C)(C)c1cc(F)cc(C[C]=O)c1. The summed E-state index contributed by atoms with van der Waals surface area (Å²) in [5.74, 6) is -0.289. The lowest BCUT2D eigenvalue weighted by Crippen LogP contribution is -2.12. The normalized spacial score (nSPS) is 11.4. The first kappa shape index (κ1) is 10.9. The third-order valence-corrected chi connectivity index (χ3v) is 2.10. The van der Waals surface area contributed by atoms with E-state index in [0.29, 0.717) is 5.56 Å². The van der Waals surface area contributed by atoms with Crippen LogP contribution in [0.4, 0.5) is 4.39 Å². The molecule has 0 spiro atoms. The van der Waals surface area contributed by atoms with Crippen LogP contribution in [-0.4, -0.2) is 6.29 Å². The van der Waals surface area contributed by atoms with Crippen LogP contribution in [0.5, 0.6) is 0 Å². The molecule has 1 nitrogen and oxygen atoms in total. The van der Waals surface area contributed by atoms with Crippen LogP contribution >= 0.6 is 0 Å². The summed E-state index contributed by atoms with van der Waals surface area (Å²) in [7, 11) is 0. The number of benzene rings is 1. The Bertz CT molecular complexity index is 337. The minimum Gasteiger partial charge on any atom is -0.291 e. The molecule has 0 heterocycles. The molecule has 0 saturated carbocycles. The summed E-state index contributed by atoms with van der Waals surface area (Å²) in [6.07, 6.45) is 1.93. The first-order valence-corrected chi connectivity index (χ1v) is 4.58. The van der Waals surface area contributed by atoms with Gasteiger partial charge in [-0.25, -0.2) is 4.39 Å². The molecule has 0 N–H and O–H groups in total. The highest BCUT2D eigenvalue weighted by Crippen LogP contribution is 2.24. The van der Waals surface area contributed by atoms with Gasteiger partial charge in [-0.2, -0.15) is 0 Å². The maximum absolute atomic E-state index is 13.2. The van der Waals surface area contributed by atoms with Crippen molar-refractivity contribution in [2.75, 3.05) is 0 Å². The summed E-state index contributed by atoms with van der Waals surface area (Å²) in [6.45, 7) is 6.03. The molecule has 75 valence electrons. The lowest BCUT2D eigenvalue weighted by Gasteiger charge is -2.19. The van der Waals surface area contributed by atoms with E-state index in [-0.39, 0.29) is 17.7 Å². The highest BCUT2D eigenvalue weighted by molar-refractivity contribution is 5.56. The van der Waals surface area contributed by atoms with Gasteiger partial charge in [0.2, 0.25) is 6.29 Å². The van der Waals surface area contributed by atoms with Gasteiger partial charge in [0.25, 0.3) is 0 Å². The molecule has 1 aromatic carbocycles. The standard InChI is InChI=1S/C12H14FO/c1-12(2,3)10-6-9(4-5-14)7-11(13)8-10/h6-8H,4H2,1-3H3. The van der Waals surface area contributed by atoms with E-state index in [1.54, 1.807) is 6.29 Å². The molecule has 14 heavy (non-hydrogen) atoms. The van der Waals surface area contributed by atoms with Crippen molar-refractivity contribution in [2.24, 2.45) is 0 Å². The molecule has 2 heteroatoms. The minimum atomic E-state index is -0.289. The summed E-state index contributed by atoms with van der Waals surface area (Å²) in [4.78, 5) is 10.2. The van der Waals surface area contributed by atoms with Crippen molar-refractivity contribution in [1.82, 2.24) is 0 Å². The van der Waals surface area contributed by atoms with Crippen LogP contribution in [0.2, 0.25) is 0 Å². The molecule has 0 fully saturated rings. The number of hydrogen-bond acceptors (Lipinski definition) is 1. The summed E-state index contributed by atoms with van der Waals surface area (Å²) in [5, 5.41) is 0. The fraction of sp³-hybridized carbons (Fsp3) is 0.417. The van der Waals surface area contributed by atoms with Crippen molar-refractivity contribution in [3.8, 4) is 0 Å². The molecule has 0 amide bonds. The van der Waals surface area contributed by atoms with E-state index in [0.717, 1.165) is 5.56 Å². The third kappa shape index (κ3) is 2.66. The van der Waals surface area contributed by atoms with Gasteiger partial charge in [-0.05, 0) is 28.7 Å². The molecular weight excluding hydrogens is 179 g/mol. The molecule has 0 atom stereocenters. The highest BCUT2D eigenvalue weighted by Gasteiger charge is 2.15. The van der Waals surface area contributed by atoms with Crippen molar-refractivity contribution in [1.29, 1.82) is 0 Å². The summed E-state index contributed by atoms with van der Waals surface area (Å²) >= 11 is 0. The summed E-state index contributed by atoms with van der Waals surface area (Å²) in [6, 6.07) is 4.74. The molecular formula is C12H14FO.